The first-order valence-electron chi connectivity index (χ1n) is 8.11. The Morgan fingerprint density at radius 2 is 1.33 bits per heavy atom. The normalized spacial score (nSPS) is 30.8. The molecule has 0 unspecified atom stereocenters. The van der Waals surface area contributed by atoms with E-state index in [0.29, 0.717) is 0 Å². The summed E-state index contributed by atoms with van der Waals surface area (Å²) in [5.74, 6) is 1.53. The molecule has 1 heterocycles. The predicted octanol–water partition coefficient (Wildman–Crippen LogP) is 4.05. The fourth-order valence-electron chi connectivity index (χ4n) is 4.57. The second-order valence-corrected chi connectivity index (χ2v) is 6.62. The predicted molar refractivity (Wildman–Crippen MR) is 74.5 cm³/mol. The minimum absolute atomic E-state index is 0.0221. The highest BCUT2D eigenvalue weighted by Gasteiger charge is 2.52. The van der Waals surface area contributed by atoms with Crippen LogP contribution < -0.4 is 0 Å². The zero-order valence-corrected chi connectivity index (χ0v) is 11.8. The first-order chi connectivity index (χ1) is 8.81. The maximum Gasteiger partial charge on any atom is 0.454 e. The van der Waals surface area contributed by atoms with Crippen molar-refractivity contribution in [3.05, 3.63) is 0 Å². The van der Waals surface area contributed by atoms with Crippen LogP contribution in [0.15, 0.2) is 0 Å². The van der Waals surface area contributed by atoms with Crippen LogP contribution in [0.25, 0.3) is 0 Å². The lowest BCUT2D eigenvalue weighted by Gasteiger charge is -2.46. The van der Waals surface area contributed by atoms with E-state index in [1.54, 1.807) is 0 Å². The minimum atomic E-state index is 0.0221. The van der Waals surface area contributed by atoms with Gasteiger partial charge in [-0.15, -0.1) is 0 Å². The van der Waals surface area contributed by atoms with E-state index in [1.807, 2.05) is 0 Å². The maximum atomic E-state index is 6.41. The third-order valence-electron chi connectivity index (χ3n) is 5.52. The Balaban J connectivity index is 1.78. The third kappa shape index (κ3) is 2.36. The Labute approximate surface area is 112 Å². The highest BCUT2D eigenvalue weighted by atomic mass is 16.7. The van der Waals surface area contributed by atoms with E-state index >= 15 is 0 Å². The second-order valence-electron chi connectivity index (χ2n) is 6.62. The van der Waals surface area contributed by atoms with Gasteiger partial charge in [0.15, 0.2) is 0 Å². The lowest BCUT2D eigenvalue weighted by Crippen LogP contribution is -2.49. The lowest BCUT2D eigenvalue weighted by molar-refractivity contribution is -0.0562. The van der Waals surface area contributed by atoms with E-state index in [2.05, 4.69) is 6.82 Å². The molecule has 0 aromatic heterocycles. The molecule has 2 aliphatic carbocycles. The Bertz CT molecular complexity index is 252. The van der Waals surface area contributed by atoms with Crippen LogP contribution >= 0.6 is 0 Å². The summed E-state index contributed by atoms with van der Waals surface area (Å²) in [6.45, 7) is 2.94. The fourth-order valence-corrected chi connectivity index (χ4v) is 4.57. The Kier molecular flexibility index (Phi) is 4.00. The summed E-state index contributed by atoms with van der Waals surface area (Å²) in [4.78, 5) is 0. The molecule has 102 valence electrons. The van der Waals surface area contributed by atoms with Crippen molar-refractivity contribution in [1.29, 1.82) is 0 Å². The molecule has 0 N–H and O–H groups in total. The van der Waals surface area contributed by atoms with Gasteiger partial charge in [-0.1, -0.05) is 38.5 Å². The molecule has 0 aromatic rings. The zero-order valence-electron chi connectivity index (χ0n) is 11.8. The van der Waals surface area contributed by atoms with Crippen LogP contribution in [0.3, 0.4) is 0 Å². The molecular weight excluding hydrogens is 223 g/mol. The largest absolute Gasteiger partial charge is 0.454 e. The van der Waals surface area contributed by atoms with Gasteiger partial charge in [-0.2, -0.15) is 0 Å². The van der Waals surface area contributed by atoms with E-state index in [-0.39, 0.29) is 12.7 Å². The second kappa shape index (κ2) is 5.54. The van der Waals surface area contributed by atoms with Crippen LogP contribution in [0.5, 0.6) is 0 Å². The van der Waals surface area contributed by atoms with Crippen molar-refractivity contribution >= 4 is 7.12 Å². The van der Waals surface area contributed by atoms with E-state index in [1.165, 1.54) is 64.2 Å². The van der Waals surface area contributed by atoms with Crippen LogP contribution in [0.2, 0.25) is 6.82 Å². The molecule has 1 aliphatic heterocycles. The molecule has 0 amide bonds. The molecule has 2 saturated carbocycles. The molecule has 1 saturated heterocycles. The Hall–Kier alpha value is -0.0151. The SMILES string of the molecule is CB1OCC(C2CCCCC2)(C2CCCCC2)O1. The molecule has 3 aliphatic rings. The van der Waals surface area contributed by atoms with Gasteiger partial charge in [0.05, 0.1) is 12.2 Å². The zero-order chi connectivity index (χ0) is 12.4. The van der Waals surface area contributed by atoms with Crippen LogP contribution in [0, 0.1) is 11.8 Å². The van der Waals surface area contributed by atoms with Gasteiger partial charge in [0.1, 0.15) is 0 Å². The first-order valence-corrected chi connectivity index (χ1v) is 8.11. The lowest BCUT2D eigenvalue weighted by atomic mass is 9.66. The van der Waals surface area contributed by atoms with Gasteiger partial charge < -0.3 is 9.31 Å². The summed E-state index contributed by atoms with van der Waals surface area (Å²) in [6, 6.07) is 0. The molecule has 0 bridgehead atoms. The first kappa shape index (κ1) is 13.0. The van der Waals surface area contributed by atoms with Crippen molar-refractivity contribution in [3.63, 3.8) is 0 Å². The van der Waals surface area contributed by atoms with Gasteiger partial charge >= 0.3 is 7.12 Å². The molecule has 3 fully saturated rings. The van der Waals surface area contributed by atoms with E-state index in [4.69, 9.17) is 9.31 Å². The van der Waals surface area contributed by atoms with Gasteiger partial charge in [-0.05, 0) is 44.3 Å². The summed E-state index contributed by atoms with van der Waals surface area (Å²) >= 11 is 0. The molecule has 0 radical (unpaired) electrons. The smallest absolute Gasteiger partial charge is 0.408 e. The summed E-state index contributed by atoms with van der Waals surface area (Å²) < 4.78 is 12.3. The van der Waals surface area contributed by atoms with E-state index in [0.717, 1.165) is 18.4 Å². The standard InChI is InChI=1S/C15H27BO2/c1-16-17-12-15(18-16,13-8-4-2-5-9-13)14-10-6-3-7-11-14/h13-14H,2-12H2,1H3. The average Bonchev–Trinajstić information content (AvgIpc) is 2.84. The Morgan fingerprint density at radius 3 is 1.72 bits per heavy atom. The molecule has 0 aromatic carbocycles. The molecule has 18 heavy (non-hydrogen) atoms. The number of rotatable bonds is 2. The van der Waals surface area contributed by atoms with E-state index in [9.17, 15) is 0 Å². The monoisotopic (exact) mass is 250 g/mol. The quantitative estimate of drug-likeness (QED) is 0.688. The molecule has 0 atom stereocenters. The maximum absolute atomic E-state index is 6.41. The van der Waals surface area contributed by atoms with Crippen LogP contribution in [-0.2, 0) is 9.31 Å². The van der Waals surface area contributed by atoms with Crippen LogP contribution in [0.1, 0.15) is 64.2 Å². The third-order valence-corrected chi connectivity index (χ3v) is 5.52. The van der Waals surface area contributed by atoms with Crippen LogP contribution in [-0.4, -0.2) is 19.3 Å². The topological polar surface area (TPSA) is 18.5 Å². The van der Waals surface area contributed by atoms with Gasteiger partial charge in [-0.3, -0.25) is 0 Å². The average molecular weight is 250 g/mol. The van der Waals surface area contributed by atoms with Crippen molar-refractivity contribution in [2.45, 2.75) is 76.6 Å². The molecule has 0 spiro atoms. The summed E-state index contributed by atoms with van der Waals surface area (Å²) in [6.07, 6.45) is 13.9. The van der Waals surface area contributed by atoms with Gasteiger partial charge in [0.25, 0.3) is 0 Å². The van der Waals surface area contributed by atoms with Gasteiger partial charge in [0.2, 0.25) is 0 Å². The molecule has 3 heteroatoms. The minimum Gasteiger partial charge on any atom is -0.408 e. The fraction of sp³-hybridized carbons (Fsp3) is 1.00. The Morgan fingerprint density at radius 1 is 0.833 bits per heavy atom. The van der Waals surface area contributed by atoms with Crippen molar-refractivity contribution < 1.29 is 9.31 Å². The van der Waals surface area contributed by atoms with Crippen molar-refractivity contribution in [3.8, 4) is 0 Å². The van der Waals surface area contributed by atoms with Crippen molar-refractivity contribution in [2.24, 2.45) is 11.8 Å². The van der Waals surface area contributed by atoms with Crippen LogP contribution in [0.4, 0.5) is 0 Å². The summed E-state index contributed by atoms with van der Waals surface area (Å²) in [7, 11) is 0.0221. The number of hydrogen-bond donors (Lipinski definition) is 0. The summed E-state index contributed by atoms with van der Waals surface area (Å²) in [5, 5.41) is 0. The van der Waals surface area contributed by atoms with Crippen molar-refractivity contribution in [1.82, 2.24) is 0 Å². The van der Waals surface area contributed by atoms with Crippen molar-refractivity contribution in [2.75, 3.05) is 6.61 Å². The van der Waals surface area contributed by atoms with E-state index < -0.39 is 0 Å². The highest BCUT2D eigenvalue weighted by molar-refractivity contribution is 6.43. The number of hydrogen-bond acceptors (Lipinski definition) is 2. The highest BCUT2D eigenvalue weighted by Crippen LogP contribution is 2.47. The molecular formula is C15H27BO2. The van der Waals surface area contributed by atoms with Gasteiger partial charge in [-0.25, -0.2) is 0 Å². The molecule has 2 nitrogen and oxygen atoms in total. The molecule has 3 rings (SSSR count). The summed E-state index contributed by atoms with van der Waals surface area (Å²) in [5.41, 5.74) is 0.0836. The van der Waals surface area contributed by atoms with Gasteiger partial charge in [0, 0.05) is 0 Å².